The number of nitrogens with two attached hydrogens (primary N) is 1. The van der Waals surface area contributed by atoms with Crippen LogP contribution in [0.5, 0.6) is 0 Å². The number of nitrogens with zero attached hydrogens (tertiary/aromatic N) is 4. The van der Waals surface area contributed by atoms with Crippen LogP contribution in [0.3, 0.4) is 0 Å². The number of rotatable bonds is 9. The van der Waals surface area contributed by atoms with Crippen molar-refractivity contribution in [3.63, 3.8) is 0 Å². The summed E-state index contributed by atoms with van der Waals surface area (Å²) in [5, 5.41) is 18.7. The molecule has 0 aliphatic carbocycles. The Balaban J connectivity index is 1.78. The Kier molecular flexibility index (Phi) is 7.76. The number of nitriles is 1. The zero-order valence-corrected chi connectivity index (χ0v) is 17.3. The summed E-state index contributed by atoms with van der Waals surface area (Å²) < 4.78 is 14.5. The fraction of sp³-hybridized carbons (Fsp3) is 0.476. The fourth-order valence-electron chi connectivity index (χ4n) is 3.60. The first-order valence-corrected chi connectivity index (χ1v) is 10.4. The first kappa shape index (κ1) is 21.7. The standard InChI is InChI=1S/C21H29FN8/c1-2-30(13-15-3-6-25-7-4-15)21-11-20(27-14-28-21)29-19-10-18(26-8-5-23)16(12-24)9-17(19)22/h9-11,14-15,25-26H,2-8,13,23H2,1H3,(H,27,28,29). The molecule has 0 amide bonds. The highest BCUT2D eigenvalue weighted by molar-refractivity contribution is 5.69. The van der Waals surface area contributed by atoms with Crippen molar-refractivity contribution >= 4 is 23.0 Å². The lowest BCUT2D eigenvalue weighted by molar-refractivity contribution is 0.374. The quantitative estimate of drug-likeness (QED) is 0.496. The monoisotopic (exact) mass is 412 g/mol. The third kappa shape index (κ3) is 5.55. The van der Waals surface area contributed by atoms with Crippen LogP contribution in [0, 0.1) is 23.1 Å². The van der Waals surface area contributed by atoms with Crippen LogP contribution in [0.25, 0.3) is 0 Å². The molecule has 0 radical (unpaired) electrons. The maximum absolute atomic E-state index is 14.5. The van der Waals surface area contributed by atoms with E-state index in [0.717, 1.165) is 44.8 Å². The van der Waals surface area contributed by atoms with E-state index in [9.17, 15) is 9.65 Å². The van der Waals surface area contributed by atoms with E-state index < -0.39 is 5.82 Å². The molecule has 0 spiro atoms. The normalized spacial score (nSPS) is 14.2. The van der Waals surface area contributed by atoms with Crippen LogP contribution in [0.15, 0.2) is 24.5 Å². The molecule has 0 saturated carbocycles. The zero-order chi connectivity index (χ0) is 21.3. The molecule has 2 heterocycles. The highest BCUT2D eigenvalue weighted by atomic mass is 19.1. The minimum Gasteiger partial charge on any atom is -0.383 e. The number of aromatic nitrogens is 2. The van der Waals surface area contributed by atoms with Crippen molar-refractivity contribution < 1.29 is 4.39 Å². The van der Waals surface area contributed by atoms with Gasteiger partial charge in [0.1, 0.15) is 29.8 Å². The van der Waals surface area contributed by atoms with E-state index in [2.05, 4.69) is 37.7 Å². The minimum atomic E-state index is -0.521. The second-order valence-corrected chi connectivity index (χ2v) is 7.32. The van der Waals surface area contributed by atoms with Crippen molar-refractivity contribution in [3.8, 4) is 6.07 Å². The first-order chi connectivity index (χ1) is 14.6. The lowest BCUT2D eigenvalue weighted by Gasteiger charge is -2.30. The first-order valence-electron chi connectivity index (χ1n) is 10.4. The van der Waals surface area contributed by atoms with Crippen molar-refractivity contribution in [2.24, 2.45) is 11.7 Å². The van der Waals surface area contributed by atoms with E-state index in [4.69, 9.17) is 5.73 Å². The molecule has 160 valence electrons. The van der Waals surface area contributed by atoms with Gasteiger partial charge in [0, 0.05) is 32.2 Å². The molecule has 1 aliphatic heterocycles. The summed E-state index contributed by atoms with van der Waals surface area (Å²) in [7, 11) is 0. The molecule has 1 aromatic carbocycles. The maximum Gasteiger partial charge on any atom is 0.148 e. The molecule has 9 heteroatoms. The van der Waals surface area contributed by atoms with Crippen molar-refractivity contribution in [3.05, 3.63) is 35.9 Å². The topological polar surface area (TPSA) is 115 Å². The molecule has 0 atom stereocenters. The van der Waals surface area contributed by atoms with Gasteiger partial charge in [-0.25, -0.2) is 14.4 Å². The van der Waals surface area contributed by atoms with E-state index in [-0.39, 0.29) is 11.3 Å². The average molecular weight is 413 g/mol. The lowest BCUT2D eigenvalue weighted by atomic mass is 9.97. The van der Waals surface area contributed by atoms with E-state index >= 15 is 0 Å². The van der Waals surface area contributed by atoms with Crippen LogP contribution in [0.1, 0.15) is 25.3 Å². The number of benzene rings is 1. The third-order valence-electron chi connectivity index (χ3n) is 5.25. The summed E-state index contributed by atoms with van der Waals surface area (Å²) in [6.07, 6.45) is 3.79. The Morgan fingerprint density at radius 3 is 2.77 bits per heavy atom. The van der Waals surface area contributed by atoms with Gasteiger partial charge in [-0.05, 0) is 50.9 Å². The third-order valence-corrected chi connectivity index (χ3v) is 5.25. The Labute approximate surface area is 176 Å². The average Bonchev–Trinajstić information content (AvgIpc) is 2.78. The van der Waals surface area contributed by atoms with Gasteiger partial charge in [-0.1, -0.05) is 0 Å². The summed E-state index contributed by atoms with van der Waals surface area (Å²) >= 11 is 0. The highest BCUT2D eigenvalue weighted by Crippen LogP contribution is 2.27. The highest BCUT2D eigenvalue weighted by Gasteiger charge is 2.18. The number of hydrogen-bond donors (Lipinski definition) is 4. The molecule has 1 aliphatic rings. The number of piperidine rings is 1. The molecular formula is C21H29FN8. The molecular weight excluding hydrogens is 383 g/mol. The van der Waals surface area contributed by atoms with Gasteiger partial charge in [-0.3, -0.25) is 0 Å². The van der Waals surface area contributed by atoms with E-state index in [0.29, 0.717) is 30.5 Å². The van der Waals surface area contributed by atoms with Gasteiger partial charge in [-0.2, -0.15) is 5.26 Å². The predicted molar refractivity (Wildman–Crippen MR) is 117 cm³/mol. The van der Waals surface area contributed by atoms with Crippen LogP contribution in [0.2, 0.25) is 0 Å². The van der Waals surface area contributed by atoms with E-state index in [1.54, 1.807) is 6.07 Å². The number of halogens is 1. The van der Waals surface area contributed by atoms with Crippen LogP contribution in [-0.4, -0.2) is 49.2 Å². The molecule has 30 heavy (non-hydrogen) atoms. The molecule has 5 N–H and O–H groups in total. The maximum atomic E-state index is 14.5. The summed E-state index contributed by atoms with van der Waals surface area (Å²) in [6, 6.07) is 6.60. The van der Waals surface area contributed by atoms with Gasteiger partial charge in [0.2, 0.25) is 0 Å². The van der Waals surface area contributed by atoms with Gasteiger partial charge in [0.05, 0.1) is 16.9 Å². The number of hydrogen-bond acceptors (Lipinski definition) is 8. The van der Waals surface area contributed by atoms with Gasteiger partial charge in [-0.15, -0.1) is 0 Å². The number of nitrogens with one attached hydrogen (secondary N) is 3. The molecule has 8 nitrogen and oxygen atoms in total. The lowest BCUT2D eigenvalue weighted by Crippen LogP contribution is -2.36. The molecule has 0 bridgehead atoms. The van der Waals surface area contributed by atoms with Crippen molar-refractivity contribution in [2.75, 3.05) is 54.8 Å². The fourth-order valence-corrected chi connectivity index (χ4v) is 3.60. The zero-order valence-electron chi connectivity index (χ0n) is 17.3. The SMILES string of the molecule is CCN(CC1CCNCC1)c1cc(Nc2cc(NCCN)c(C#N)cc2F)ncn1. The Morgan fingerprint density at radius 1 is 1.27 bits per heavy atom. The molecule has 1 saturated heterocycles. The summed E-state index contributed by atoms with van der Waals surface area (Å²) in [5.74, 6) is 1.41. The molecule has 3 rings (SSSR count). The second-order valence-electron chi connectivity index (χ2n) is 7.32. The largest absolute Gasteiger partial charge is 0.383 e. The molecule has 2 aromatic rings. The van der Waals surface area contributed by atoms with Gasteiger partial charge >= 0.3 is 0 Å². The second kappa shape index (κ2) is 10.7. The predicted octanol–water partition coefficient (Wildman–Crippen LogP) is 2.43. The van der Waals surface area contributed by atoms with Crippen molar-refractivity contribution in [1.29, 1.82) is 5.26 Å². The molecule has 1 aromatic heterocycles. The summed E-state index contributed by atoms with van der Waals surface area (Å²) in [5.41, 5.74) is 6.52. The van der Waals surface area contributed by atoms with Crippen LogP contribution in [0.4, 0.5) is 27.4 Å². The van der Waals surface area contributed by atoms with Crippen LogP contribution >= 0.6 is 0 Å². The minimum absolute atomic E-state index is 0.231. The van der Waals surface area contributed by atoms with E-state index in [1.165, 1.54) is 12.4 Å². The Morgan fingerprint density at radius 2 is 2.07 bits per heavy atom. The summed E-state index contributed by atoms with van der Waals surface area (Å²) in [6.45, 7) is 6.87. The van der Waals surface area contributed by atoms with Gasteiger partial charge in [0.15, 0.2) is 0 Å². The van der Waals surface area contributed by atoms with Gasteiger partial charge < -0.3 is 26.6 Å². The Bertz CT molecular complexity index is 876. The molecule has 0 unspecified atom stereocenters. The summed E-state index contributed by atoms with van der Waals surface area (Å²) in [4.78, 5) is 10.9. The van der Waals surface area contributed by atoms with Gasteiger partial charge in [0.25, 0.3) is 0 Å². The van der Waals surface area contributed by atoms with Crippen LogP contribution in [-0.2, 0) is 0 Å². The van der Waals surface area contributed by atoms with Crippen molar-refractivity contribution in [1.82, 2.24) is 15.3 Å². The molecule has 1 fully saturated rings. The van der Waals surface area contributed by atoms with E-state index in [1.807, 2.05) is 12.1 Å². The number of anilines is 4. The smallest absolute Gasteiger partial charge is 0.148 e. The Hall–Kier alpha value is -2.96. The van der Waals surface area contributed by atoms with Crippen LogP contribution < -0.4 is 26.6 Å². The van der Waals surface area contributed by atoms with Crippen molar-refractivity contribution in [2.45, 2.75) is 19.8 Å².